The summed E-state index contributed by atoms with van der Waals surface area (Å²) in [5.74, 6) is 0.591. The molecule has 2 atom stereocenters. The van der Waals surface area contributed by atoms with Crippen molar-refractivity contribution in [1.82, 2.24) is 14.5 Å². The monoisotopic (exact) mass is 457 g/mol. The highest BCUT2D eigenvalue weighted by Crippen LogP contribution is 2.24. The van der Waals surface area contributed by atoms with E-state index in [2.05, 4.69) is 28.2 Å². The van der Waals surface area contributed by atoms with Crippen molar-refractivity contribution in [3.05, 3.63) is 28.7 Å². The molecule has 1 heterocycles. The zero-order chi connectivity index (χ0) is 19.4. The average molecular weight is 458 g/mol. The van der Waals surface area contributed by atoms with Crippen LogP contribution in [0, 0.1) is 5.92 Å². The maximum Gasteiger partial charge on any atom is 0.243 e. The van der Waals surface area contributed by atoms with Gasteiger partial charge in [-0.15, -0.1) is 0 Å². The largest absolute Gasteiger partial charge is 0.352 e. The Morgan fingerprint density at radius 2 is 1.74 bits per heavy atom. The Balaban J connectivity index is 1.49. The van der Waals surface area contributed by atoms with Gasteiger partial charge in [-0.1, -0.05) is 35.7 Å². The van der Waals surface area contributed by atoms with Crippen molar-refractivity contribution in [2.75, 3.05) is 32.7 Å². The summed E-state index contributed by atoms with van der Waals surface area (Å²) in [6.07, 6.45) is 4.67. The summed E-state index contributed by atoms with van der Waals surface area (Å²) in [7, 11) is -3.48. The van der Waals surface area contributed by atoms with E-state index in [1.165, 1.54) is 23.6 Å². The molecular weight excluding hydrogens is 430 g/mol. The van der Waals surface area contributed by atoms with Crippen molar-refractivity contribution in [2.24, 2.45) is 5.92 Å². The van der Waals surface area contributed by atoms with Gasteiger partial charge in [-0.05, 0) is 43.0 Å². The summed E-state index contributed by atoms with van der Waals surface area (Å²) in [4.78, 5) is 14.7. The topological polar surface area (TPSA) is 69.7 Å². The van der Waals surface area contributed by atoms with Gasteiger partial charge in [0.1, 0.15) is 0 Å². The molecule has 8 heteroatoms. The third-order valence-corrected chi connectivity index (χ3v) is 8.05. The maximum atomic E-state index is 12.7. The van der Waals surface area contributed by atoms with Crippen LogP contribution in [0.15, 0.2) is 33.6 Å². The number of hydrogen-bond acceptors (Lipinski definition) is 4. The lowest BCUT2D eigenvalue weighted by Crippen LogP contribution is -2.52. The molecule has 2 unspecified atom stereocenters. The predicted octanol–water partition coefficient (Wildman–Crippen LogP) is 2.45. The van der Waals surface area contributed by atoms with Crippen molar-refractivity contribution in [2.45, 2.75) is 43.5 Å². The van der Waals surface area contributed by atoms with E-state index in [9.17, 15) is 13.2 Å². The lowest BCUT2D eigenvalue weighted by molar-refractivity contribution is -0.123. The Labute approximate surface area is 170 Å². The fourth-order valence-corrected chi connectivity index (χ4v) is 5.56. The van der Waals surface area contributed by atoms with E-state index < -0.39 is 10.0 Å². The molecule has 1 N–H and O–H groups in total. The van der Waals surface area contributed by atoms with Gasteiger partial charge < -0.3 is 5.32 Å². The number of rotatable bonds is 5. The van der Waals surface area contributed by atoms with Crippen molar-refractivity contribution in [3.63, 3.8) is 0 Å². The Hall–Kier alpha value is -0.960. The minimum Gasteiger partial charge on any atom is -0.352 e. The first-order chi connectivity index (χ1) is 12.9. The van der Waals surface area contributed by atoms with Gasteiger partial charge in [-0.3, -0.25) is 9.69 Å². The molecule has 0 radical (unpaired) electrons. The Morgan fingerprint density at radius 1 is 1.11 bits per heavy atom. The predicted molar refractivity (Wildman–Crippen MR) is 109 cm³/mol. The first kappa shape index (κ1) is 20.8. The summed E-state index contributed by atoms with van der Waals surface area (Å²) in [6, 6.07) is 6.99. The number of piperazine rings is 1. The number of hydrogen-bond donors (Lipinski definition) is 1. The minimum atomic E-state index is -3.48. The van der Waals surface area contributed by atoms with Crippen LogP contribution in [0.4, 0.5) is 0 Å². The summed E-state index contributed by atoms with van der Waals surface area (Å²) in [5, 5.41) is 3.17. The number of nitrogens with zero attached hydrogens (tertiary/aromatic N) is 2. The van der Waals surface area contributed by atoms with E-state index >= 15 is 0 Å². The van der Waals surface area contributed by atoms with Crippen LogP contribution in [0.5, 0.6) is 0 Å². The Kier molecular flexibility index (Phi) is 6.94. The van der Waals surface area contributed by atoms with E-state index in [-0.39, 0.29) is 11.9 Å². The molecule has 3 rings (SSSR count). The van der Waals surface area contributed by atoms with Crippen LogP contribution >= 0.6 is 15.9 Å². The first-order valence-electron chi connectivity index (χ1n) is 9.64. The molecule has 1 aromatic rings. The maximum absolute atomic E-state index is 12.7. The quantitative estimate of drug-likeness (QED) is 0.736. The molecule has 1 aromatic carbocycles. The van der Waals surface area contributed by atoms with Gasteiger partial charge in [-0.25, -0.2) is 8.42 Å². The lowest BCUT2D eigenvalue weighted by Gasteiger charge is -2.34. The van der Waals surface area contributed by atoms with Gasteiger partial charge in [0, 0.05) is 36.7 Å². The van der Waals surface area contributed by atoms with Crippen LogP contribution in [0.3, 0.4) is 0 Å². The smallest absolute Gasteiger partial charge is 0.243 e. The third-order valence-electron chi connectivity index (χ3n) is 5.61. The van der Waals surface area contributed by atoms with Gasteiger partial charge in [-0.2, -0.15) is 4.31 Å². The van der Waals surface area contributed by atoms with Crippen LogP contribution < -0.4 is 5.32 Å². The number of carbonyl (C=O) groups is 1. The number of amides is 1. The van der Waals surface area contributed by atoms with Crippen LogP contribution in [0.25, 0.3) is 0 Å². The van der Waals surface area contributed by atoms with Crippen molar-refractivity contribution >= 4 is 31.9 Å². The van der Waals surface area contributed by atoms with Crippen LogP contribution in [-0.4, -0.2) is 62.3 Å². The van der Waals surface area contributed by atoms with E-state index in [4.69, 9.17) is 0 Å². The fourth-order valence-electron chi connectivity index (χ4n) is 3.87. The van der Waals surface area contributed by atoms with Gasteiger partial charge in [0.25, 0.3) is 0 Å². The molecule has 1 saturated heterocycles. The molecule has 2 aliphatic rings. The SMILES string of the molecule is CC1CCCCC1NC(=O)CN1CCN(S(=O)(=O)c2ccc(Br)cc2)CC1. The minimum absolute atomic E-state index is 0.0537. The highest BCUT2D eigenvalue weighted by molar-refractivity contribution is 9.10. The zero-order valence-electron chi connectivity index (χ0n) is 15.7. The highest BCUT2D eigenvalue weighted by Gasteiger charge is 2.29. The molecule has 1 aliphatic heterocycles. The number of benzene rings is 1. The fraction of sp³-hybridized carbons (Fsp3) is 0.632. The normalized spacial score (nSPS) is 25.3. The van der Waals surface area contributed by atoms with Crippen molar-refractivity contribution in [1.29, 1.82) is 0 Å². The number of halogens is 1. The second-order valence-corrected chi connectivity index (χ2v) is 10.4. The first-order valence-corrected chi connectivity index (χ1v) is 11.9. The van der Waals surface area contributed by atoms with Crippen molar-refractivity contribution < 1.29 is 13.2 Å². The van der Waals surface area contributed by atoms with E-state index in [0.29, 0.717) is 43.5 Å². The zero-order valence-corrected chi connectivity index (χ0v) is 18.1. The van der Waals surface area contributed by atoms with E-state index in [0.717, 1.165) is 10.9 Å². The average Bonchev–Trinajstić information content (AvgIpc) is 2.64. The summed E-state index contributed by atoms with van der Waals surface area (Å²) in [5.41, 5.74) is 0. The number of nitrogens with one attached hydrogen (secondary N) is 1. The molecular formula is C19H28BrN3O3S. The molecule has 0 spiro atoms. The molecule has 27 heavy (non-hydrogen) atoms. The summed E-state index contributed by atoms with van der Waals surface area (Å²) < 4.78 is 27.8. The number of carbonyl (C=O) groups excluding carboxylic acids is 1. The second kappa shape index (κ2) is 9.03. The molecule has 0 aromatic heterocycles. The van der Waals surface area contributed by atoms with Crippen LogP contribution in [0.2, 0.25) is 0 Å². The van der Waals surface area contributed by atoms with Crippen molar-refractivity contribution in [3.8, 4) is 0 Å². The Morgan fingerprint density at radius 3 is 2.37 bits per heavy atom. The molecule has 1 aliphatic carbocycles. The van der Waals surface area contributed by atoms with E-state index in [1.54, 1.807) is 24.3 Å². The van der Waals surface area contributed by atoms with Gasteiger partial charge >= 0.3 is 0 Å². The second-order valence-electron chi connectivity index (χ2n) is 7.57. The summed E-state index contributed by atoms with van der Waals surface area (Å²) in [6.45, 7) is 4.51. The highest BCUT2D eigenvalue weighted by atomic mass is 79.9. The van der Waals surface area contributed by atoms with Crippen LogP contribution in [-0.2, 0) is 14.8 Å². The molecule has 0 bridgehead atoms. The Bertz CT molecular complexity index is 746. The van der Waals surface area contributed by atoms with E-state index in [1.807, 2.05) is 4.90 Å². The third kappa shape index (κ3) is 5.31. The molecule has 6 nitrogen and oxygen atoms in total. The molecule has 1 saturated carbocycles. The standard InChI is InChI=1S/C19H28BrN3O3S/c1-15-4-2-3-5-18(15)21-19(24)14-22-10-12-23(13-11-22)27(25,26)17-8-6-16(20)7-9-17/h6-9,15,18H,2-5,10-14H2,1H3,(H,21,24). The molecule has 2 fully saturated rings. The number of sulfonamides is 1. The molecule has 150 valence electrons. The van der Waals surface area contributed by atoms with Gasteiger partial charge in [0.2, 0.25) is 15.9 Å². The lowest BCUT2D eigenvalue weighted by atomic mass is 9.86. The van der Waals surface area contributed by atoms with Gasteiger partial charge in [0.05, 0.1) is 11.4 Å². The summed E-state index contributed by atoms with van der Waals surface area (Å²) >= 11 is 3.33. The molecule has 1 amide bonds. The van der Waals surface area contributed by atoms with Gasteiger partial charge in [0.15, 0.2) is 0 Å². The van der Waals surface area contributed by atoms with Crippen LogP contribution in [0.1, 0.15) is 32.6 Å².